The van der Waals surface area contributed by atoms with Gasteiger partial charge in [-0.25, -0.2) is 4.79 Å². The zero-order valence-corrected chi connectivity index (χ0v) is 12.3. The molecule has 6 heteroatoms. The van der Waals surface area contributed by atoms with Crippen LogP contribution in [-0.4, -0.2) is 30.8 Å². The van der Waals surface area contributed by atoms with Gasteiger partial charge >= 0.3 is 6.03 Å². The Bertz CT molecular complexity index is 565. The van der Waals surface area contributed by atoms with E-state index in [0.29, 0.717) is 6.61 Å². The Balaban J connectivity index is 1.58. The van der Waals surface area contributed by atoms with E-state index in [0.717, 1.165) is 29.2 Å². The number of allylic oxidation sites excluding steroid dienone is 4. The molecule has 0 spiro atoms. The fourth-order valence-corrected chi connectivity index (χ4v) is 2.99. The van der Waals surface area contributed by atoms with Crippen LogP contribution in [0, 0.1) is 0 Å². The zero-order valence-electron chi connectivity index (χ0n) is 11.5. The van der Waals surface area contributed by atoms with Crippen LogP contribution in [0.4, 0.5) is 4.79 Å². The summed E-state index contributed by atoms with van der Waals surface area (Å²) in [7, 11) is 0. The second-order valence-electron chi connectivity index (χ2n) is 5.33. The summed E-state index contributed by atoms with van der Waals surface area (Å²) >= 11 is 6.16. The van der Waals surface area contributed by atoms with Crippen molar-refractivity contribution in [2.75, 3.05) is 6.61 Å². The molecular formula is C15H18ClN3O2. The maximum absolute atomic E-state index is 11.3. The lowest BCUT2D eigenvalue weighted by Crippen LogP contribution is -2.33. The number of hydrogen-bond acceptors (Lipinski definition) is 3. The summed E-state index contributed by atoms with van der Waals surface area (Å²) in [5, 5.41) is 6.34. The van der Waals surface area contributed by atoms with Crippen molar-refractivity contribution in [3.8, 4) is 0 Å². The molecule has 0 aromatic rings. The van der Waals surface area contributed by atoms with E-state index in [1.165, 1.54) is 0 Å². The number of carbonyl (C=O) groups is 1. The van der Waals surface area contributed by atoms with Crippen molar-refractivity contribution in [1.82, 2.24) is 10.6 Å². The van der Waals surface area contributed by atoms with E-state index in [2.05, 4.69) is 10.6 Å². The van der Waals surface area contributed by atoms with Crippen LogP contribution in [0.2, 0.25) is 0 Å². The van der Waals surface area contributed by atoms with Crippen LogP contribution in [0.25, 0.3) is 0 Å². The highest BCUT2D eigenvalue weighted by Crippen LogP contribution is 2.24. The van der Waals surface area contributed by atoms with Crippen LogP contribution in [-0.2, 0) is 4.74 Å². The van der Waals surface area contributed by atoms with E-state index in [-0.39, 0.29) is 24.2 Å². The summed E-state index contributed by atoms with van der Waals surface area (Å²) in [6.07, 6.45) is 11.4. The van der Waals surface area contributed by atoms with Gasteiger partial charge in [0.1, 0.15) is 12.4 Å². The summed E-state index contributed by atoms with van der Waals surface area (Å²) in [5.41, 5.74) is 7.19. The van der Waals surface area contributed by atoms with E-state index in [4.69, 9.17) is 22.1 Å². The van der Waals surface area contributed by atoms with E-state index < -0.39 is 0 Å². The number of nitrogens with one attached hydrogen (secondary N) is 2. The maximum Gasteiger partial charge on any atom is 0.315 e. The molecule has 2 aliphatic carbocycles. The quantitative estimate of drug-likeness (QED) is 0.739. The average Bonchev–Trinajstić information content (AvgIpc) is 2.84. The number of rotatable bonds is 4. The van der Waals surface area contributed by atoms with Crippen molar-refractivity contribution in [2.24, 2.45) is 5.73 Å². The smallest absolute Gasteiger partial charge is 0.315 e. The van der Waals surface area contributed by atoms with Gasteiger partial charge in [-0.15, -0.1) is 0 Å². The molecule has 0 bridgehead atoms. The average molecular weight is 308 g/mol. The second kappa shape index (κ2) is 5.95. The van der Waals surface area contributed by atoms with E-state index in [1.807, 2.05) is 30.4 Å². The number of nitrogens with two attached hydrogens (primary N) is 1. The minimum absolute atomic E-state index is 0.000780. The number of ether oxygens (including phenoxy) is 1. The lowest BCUT2D eigenvalue weighted by atomic mass is 9.98. The third kappa shape index (κ3) is 3.14. The molecule has 1 aliphatic heterocycles. The van der Waals surface area contributed by atoms with Crippen LogP contribution in [0.5, 0.6) is 0 Å². The standard InChI is InChI=1S/C15H18ClN3O2/c16-11-4-2-1-3-10(11)12(17)8-21-9-5-6-13-14(7-9)19-15(20)18-13/h2,4-7,12-14H,1,3,8,17H2,(H2,18,19,20). The Morgan fingerprint density at radius 3 is 3.00 bits per heavy atom. The van der Waals surface area contributed by atoms with Gasteiger partial charge in [-0.2, -0.15) is 0 Å². The van der Waals surface area contributed by atoms with Crippen molar-refractivity contribution in [1.29, 1.82) is 0 Å². The van der Waals surface area contributed by atoms with Gasteiger partial charge in [-0.05, 0) is 36.6 Å². The number of amides is 2. The Labute approximate surface area is 128 Å². The molecule has 0 aromatic carbocycles. The van der Waals surface area contributed by atoms with Crippen LogP contribution >= 0.6 is 11.6 Å². The highest BCUT2D eigenvalue weighted by atomic mass is 35.5. The summed E-state index contributed by atoms with van der Waals surface area (Å²) in [6, 6.07) is -0.436. The molecule has 3 unspecified atom stereocenters. The number of halogens is 1. The number of fused-ring (bicyclic) bond motifs is 1. The van der Waals surface area contributed by atoms with Gasteiger partial charge in [0, 0.05) is 5.03 Å². The Morgan fingerprint density at radius 1 is 1.38 bits per heavy atom. The van der Waals surface area contributed by atoms with Gasteiger partial charge < -0.3 is 21.1 Å². The monoisotopic (exact) mass is 307 g/mol. The normalized spacial score (nSPS) is 28.7. The molecule has 1 saturated heterocycles. The lowest BCUT2D eigenvalue weighted by Gasteiger charge is -2.22. The predicted octanol–water partition coefficient (Wildman–Crippen LogP) is 1.68. The molecule has 3 aliphatic rings. The molecule has 1 fully saturated rings. The van der Waals surface area contributed by atoms with Gasteiger partial charge in [0.2, 0.25) is 0 Å². The molecule has 5 nitrogen and oxygen atoms in total. The van der Waals surface area contributed by atoms with Gasteiger partial charge in [0.15, 0.2) is 0 Å². The Morgan fingerprint density at radius 2 is 2.19 bits per heavy atom. The largest absolute Gasteiger partial charge is 0.492 e. The molecule has 2 amide bonds. The first kappa shape index (κ1) is 14.2. The van der Waals surface area contributed by atoms with E-state index in [9.17, 15) is 4.79 Å². The molecular weight excluding hydrogens is 290 g/mol. The first-order valence-corrected chi connectivity index (χ1v) is 7.42. The van der Waals surface area contributed by atoms with Crippen LogP contribution in [0.15, 0.2) is 46.7 Å². The lowest BCUT2D eigenvalue weighted by molar-refractivity contribution is 0.209. The molecule has 1 heterocycles. The highest BCUT2D eigenvalue weighted by molar-refractivity contribution is 6.31. The molecule has 0 aromatic heterocycles. The minimum atomic E-state index is -0.217. The van der Waals surface area contributed by atoms with Gasteiger partial charge in [-0.1, -0.05) is 23.8 Å². The highest BCUT2D eigenvalue weighted by Gasteiger charge is 2.30. The third-order valence-electron chi connectivity index (χ3n) is 3.82. The Kier molecular flexibility index (Phi) is 4.03. The third-order valence-corrected chi connectivity index (χ3v) is 4.19. The van der Waals surface area contributed by atoms with Crippen molar-refractivity contribution in [2.45, 2.75) is 31.0 Å². The zero-order chi connectivity index (χ0) is 14.8. The fraction of sp³-hybridized carbons (Fsp3) is 0.400. The summed E-state index contributed by atoms with van der Waals surface area (Å²) in [5.74, 6) is 0.721. The van der Waals surface area contributed by atoms with Crippen molar-refractivity contribution in [3.63, 3.8) is 0 Å². The van der Waals surface area contributed by atoms with Crippen molar-refractivity contribution >= 4 is 17.6 Å². The maximum atomic E-state index is 11.3. The number of urea groups is 1. The van der Waals surface area contributed by atoms with E-state index in [1.54, 1.807) is 0 Å². The van der Waals surface area contributed by atoms with Crippen LogP contribution < -0.4 is 16.4 Å². The predicted molar refractivity (Wildman–Crippen MR) is 81.6 cm³/mol. The SMILES string of the molecule is NC(COC1=CC2NC(=O)NC2C=C1)C1=C(Cl)C=CCC1. The van der Waals surface area contributed by atoms with Crippen LogP contribution in [0.1, 0.15) is 12.8 Å². The number of hydrogen-bond donors (Lipinski definition) is 3. The molecule has 3 atom stereocenters. The van der Waals surface area contributed by atoms with Crippen molar-refractivity contribution < 1.29 is 9.53 Å². The molecule has 112 valence electrons. The molecule has 3 rings (SSSR count). The molecule has 0 saturated carbocycles. The summed E-state index contributed by atoms with van der Waals surface area (Å²) < 4.78 is 5.74. The van der Waals surface area contributed by atoms with Gasteiger partial charge in [0.05, 0.1) is 18.1 Å². The second-order valence-corrected chi connectivity index (χ2v) is 5.74. The first-order valence-electron chi connectivity index (χ1n) is 7.04. The summed E-state index contributed by atoms with van der Waals surface area (Å²) in [4.78, 5) is 11.3. The summed E-state index contributed by atoms with van der Waals surface area (Å²) in [6.45, 7) is 0.369. The molecule has 21 heavy (non-hydrogen) atoms. The van der Waals surface area contributed by atoms with Crippen LogP contribution in [0.3, 0.4) is 0 Å². The van der Waals surface area contributed by atoms with Gasteiger partial charge in [0.25, 0.3) is 0 Å². The van der Waals surface area contributed by atoms with E-state index >= 15 is 0 Å². The molecule has 4 N–H and O–H groups in total. The first-order chi connectivity index (χ1) is 10.1. The topological polar surface area (TPSA) is 76.4 Å². The Hall–Kier alpha value is -1.72. The number of carbonyl (C=O) groups excluding carboxylic acids is 1. The van der Waals surface area contributed by atoms with Gasteiger partial charge in [-0.3, -0.25) is 0 Å². The fourth-order valence-electron chi connectivity index (χ4n) is 2.67. The minimum Gasteiger partial charge on any atom is -0.492 e. The van der Waals surface area contributed by atoms with Crippen molar-refractivity contribution in [3.05, 3.63) is 46.7 Å². The molecule has 0 radical (unpaired) electrons.